The Morgan fingerprint density at radius 3 is 2.61 bits per heavy atom. The van der Waals surface area contributed by atoms with E-state index in [1.807, 2.05) is 12.1 Å². The Morgan fingerprint density at radius 1 is 1.11 bits per heavy atom. The van der Waals surface area contributed by atoms with Gasteiger partial charge in [-0.1, -0.05) is 31.0 Å². The number of Topliss-reactive ketones (excluding diaryl/α,β-unsaturated/α-hetero) is 1. The summed E-state index contributed by atoms with van der Waals surface area (Å²) < 4.78 is 1.24. The molecule has 0 N–H and O–H groups in total. The molecule has 2 aliphatic rings. The number of thiophene rings is 1. The van der Waals surface area contributed by atoms with Gasteiger partial charge in [0.1, 0.15) is 0 Å². The molecule has 2 aliphatic carbocycles. The minimum absolute atomic E-state index is 0.352. The number of benzene rings is 1. The molecular formula is C16H16OS. The van der Waals surface area contributed by atoms with E-state index in [1.54, 1.807) is 11.3 Å². The van der Waals surface area contributed by atoms with Crippen LogP contribution in [0.25, 0.3) is 10.1 Å². The van der Waals surface area contributed by atoms with Gasteiger partial charge in [-0.3, -0.25) is 4.79 Å². The zero-order valence-corrected chi connectivity index (χ0v) is 11.1. The second-order valence-electron chi connectivity index (χ2n) is 5.65. The SMILES string of the molecule is O=C(c1csc2ccccc12)C1C2CCCCC21. The van der Waals surface area contributed by atoms with E-state index in [4.69, 9.17) is 0 Å². The average molecular weight is 256 g/mol. The number of carbonyl (C=O) groups excluding carboxylic acids is 1. The van der Waals surface area contributed by atoms with Crippen LogP contribution >= 0.6 is 11.3 Å². The molecule has 2 fully saturated rings. The summed E-state index contributed by atoms with van der Waals surface area (Å²) in [6.07, 6.45) is 5.22. The summed E-state index contributed by atoms with van der Waals surface area (Å²) in [5.41, 5.74) is 0.981. The van der Waals surface area contributed by atoms with Crippen molar-refractivity contribution < 1.29 is 4.79 Å². The third-order valence-corrected chi connectivity index (χ3v) is 5.67. The van der Waals surface area contributed by atoms with Gasteiger partial charge in [-0.05, 0) is 30.7 Å². The number of hydrogen-bond acceptors (Lipinski definition) is 2. The Hall–Kier alpha value is -1.15. The molecule has 4 rings (SSSR count). The molecule has 2 aromatic rings. The van der Waals surface area contributed by atoms with Crippen molar-refractivity contribution in [2.45, 2.75) is 25.7 Å². The van der Waals surface area contributed by atoms with E-state index in [0.717, 1.165) is 10.9 Å². The van der Waals surface area contributed by atoms with Crippen molar-refractivity contribution in [1.29, 1.82) is 0 Å². The lowest BCUT2D eigenvalue weighted by Crippen LogP contribution is -2.03. The third-order valence-electron chi connectivity index (χ3n) is 4.71. The summed E-state index contributed by atoms with van der Waals surface area (Å²) in [4.78, 5) is 12.7. The maximum absolute atomic E-state index is 12.7. The zero-order chi connectivity index (χ0) is 12.1. The molecular weight excluding hydrogens is 240 g/mol. The predicted molar refractivity (Wildman–Crippen MR) is 75.1 cm³/mol. The Bertz CT molecular complexity index is 600. The van der Waals surface area contributed by atoms with Crippen LogP contribution in [0.15, 0.2) is 29.6 Å². The van der Waals surface area contributed by atoms with E-state index in [0.29, 0.717) is 23.5 Å². The van der Waals surface area contributed by atoms with E-state index in [1.165, 1.54) is 30.4 Å². The van der Waals surface area contributed by atoms with Gasteiger partial charge in [0.15, 0.2) is 5.78 Å². The van der Waals surface area contributed by atoms with E-state index in [-0.39, 0.29) is 0 Å². The summed E-state index contributed by atoms with van der Waals surface area (Å²) in [5, 5.41) is 3.23. The largest absolute Gasteiger partial charge is 0.294 e. The molecule has 1 aromatic heterocycles. The maximum Gasteiger partial charge on any atom is 0.167 e. The second-order valence-corrected chi connectivity index (χ2v) is 6.56. The van der Waals surface area contributed by atoms with Crippen molar-refractivity contribution in [2.75, 3.05) is 0 Å². The minimum Gasteiger partial charge on any atom is -0.294 e. The molecule has 1 aromatic carbocycles. The maximum atomic E-state index is 12.7. The molecule has 0 saturated heterocycles. The van der Waals surface area contributed by atoms with Gasteiger partial charge in [0.25, 0.3) is 0 Å². The topological polar surface area (TPSA) is 17.1 Å². The second kappa shape index (κ2) is 3.92. The number of fused-ring (bicyclic) bond motifs is 2. The number of ketones is 1. The first kappa shape index (κ1) is 10.7. The Balaban J connectivity index is 1.69. The van der Waals surface area contributed by atoms with Gasteiger partial charge < -0.3 is 0 Å². The summed E-state index contributed by atoms with van der Waals surface area (Å²) in [6.45, 7) is 0. The minimum atomic E-state index is 0.352. The molecule has 0 aliphatic heterocycles. The van der Waals surface area contributed by atoms with Gasteiger partial charge in [-0.25, -0.2) is 0 Å². The van der Waals surface area contributed by atoms with Crippen LogP contribution in [0.2, 0.25) is 0 Å². The van der Waals surface area contributed by atoms with Gasteiger partial charge in [-0.15, -0.1) is 11.3 Å². The molecule has 1 nitrogen and oxygen atoms in total. The normalized spacial score (nSPS) is 30.1. The smallest absolute Gasteiger partial charge is 0.167 e. The highest BCUT2D eigenvalue weighted by Crippen LogP contribution is 2.57. The van der Waals surface area contributed by atoms with Crippen molar-refractivity contribution >= 4 is 27.2 Å². The summed E-state index contributed by atoms with van der Waals surface area (Å²) in [5.74, 6) is 2.20. The van der Waals surface area contributed by atoms with Crippen LogP contribution in [0.1, 0.15) is 36.0 Å². The van der Waals surface area contributed by atoms with E-state index in [2.05, 4.69) is 17.5 Å². The molecule has 18 heavy (non-hydrogen) atoms. The number of rotatable bonds is 2. The molecule has 2 saturated carbocycles. The highest BCUT2D eigenvalue weighted by Gasteiger charge is 2.54. The van der Waals surface area contributed by atoms with Gasteiger partial charge in [0, 0.05) is 26.9 Å². The van der Waals surface area contributed by atoms with Crippen LogP contribution in [0.3, 0.4) is 0 Å². The van der Waals surface area contributed by atoms with Crippen molar-refractivity contribution in [2.24, 2.45) is 17.8 Å². The fourth-order valence-corrected chi connectivity index (χ4v) is 4.68. The molecule has 2 heteroatoms. The van der Waals surface area contributed by atoms with Gasteiger partial charge in [-0.2, -0.15) is 0 Å². The van der Waals surface area contributed by atoms with Crippen LogP contribution < -0.4 is 0 Å². The van der Waals surface area contributed by atoms with Crippen LogP contribution in [-0.2, 0) is 0 Å². The van der Waals surface area contributed by atoms with E-state index >= 15 is 0 Å². The van der Waals surface area contributed by atoms with Crippen LogP contribution in [0.4, 0.5) is 0 Å². The number of hydrogen-bond donors (Lipinski definition) is 0. The van der Waals surface area contributed by atoms with Crippen LogP contribution in [-0.4, -0.2) is 5.78 Å². The summed E-state index contributed by atoms with van der Waals surface area (Å²) >= 11 is 1.70. The van der Waals surface area contributed by atoms with E-state index < -0.39 is 0 Å². The van der Waals surface area contributed by atoms with Crippen LogP contribution in [0, 0.1) is 17.8 Å². The highest BCUT2D eigenvalue weighted by atomic mass is 32.1. The molecule has 92 valence electrons. The zero-order valence-electron chi connectivity index (χ0n) is 10.3. The first-order chi connectivity index (χ1) is 8.86. The van der Waals surface area contributed by atoms with Crippen LogP contribution in [0.5, 0.6) is 0 Å². The summed E-state index contributed by atoms with van der Waals surface area (Å²) in [7, 11) is 0. The molecule has 2 atom stereocenters. The number of carbonyl (C=O) groups is 1. The lowest BCUT2D eigenvalue weighted by atomic mass is 10.0. The fourth-order valence-electron chi connectivity index (χ4n) is 3.73. The average Bonchev–Trinajstić information content (AvgIpc) is 2.99. The fraction of sp³-hybridized carbons (Fsp3) is 0.438. The Kier molecular flexibility index (Phi) is 2.34. The quantitative estimate of drug-likeness (QED) is 0.722. The molecule has 0 radical (unpaired) electrons. The Morgan fingerprint density at radius 2 is 1.83 bits per heavy atom. The van der Waals surface area contributed by atoms with Crippen molar-refractivity contribution in [3.63, 3.8) is 0 Å². The molecule has 0 amide bonds. The van der Waals surface area contributed by atoms with Crippen molar-refractivity contribution in [3.05, 3.63) is 35.2 Å². The first-order valence-corrected chi connectivity index (χ1v) is 7.74. The molecule has 1 heterocycles. The molecule has 0 spiro atoms. The standard InChI is InChI=1S/C16H16OS/c17-16(15-11-6-1-2-7-12(11)15)13-9-18-14-8-4-3-5-10(13)14/h3-5,8-9,11-12,15H,1-2,6-7H2. The van der Waals surface area contributed by atoms with Gasteiger partial charge >= 0.3 is 0 Å². The lowest BCUT2D eigenvalue weighted by molar-refractivity contribution is 0.0958. The molecule has 2 unspecified atom stereocenters. The van der Waals surface area contributed by atoms with Gasteiger partial charge in [0.05, 0.1) is 0 Å². The van der Waals surface area contributed by atoms with Crippen molar-refractivity contribution in [1.82, 2.24) is 0 Å². The summed E-state index contributed by atoms with van der Waals surface area (Å²) in [6, 6.07) is 8.28. The predicted octanol–water partition coefficient (Wildman–Crippen LogP) is 4.52. The van der Waals surface area contributed by atoms with Gasteiger partial charge in [0.2, 0.25) is 0 Å². The lowest BCUT2D eigenvalue weighted by Gasteiger charge is -2.04. The van der Waals surface area contributed by atoms with E-state index in [9.17, 15) is 4.79 Å². The monoisotopic (exact) mass is 256 g/mol. The third kappa shape index (κ3) is 1.48. The molecule has 0 bridgehead atoms. The Labute approximate surface area is 111 Å². The van der Waals surface area contributed by atoms with Crippen molar-refractivity contribution in [3.8, 4) is 0 Å². The highest BCUT2D eigenvalue weighted by molar-refractivity contribution is 7.17. The first-order valence-electron chi connectivity index (χ1n) is 6.87.